The zero-order valence-corrected chi connectivity index (χ0v) is 14.6. The van der Waals surface area contributed by atoms with Crippen LogP contribution in [0.3, 0.4) is 0 Å². The number of pyridine rings is 1. The molecule has 0 bridgehead atoms. The topological polar surface area (TPSA) is 62.5 Å². The van der Waals surface area contributed by atoms with Crippen molar-refractivity contribution in [2.45, 2.75) is 30.8 Å². The summed E-state index contributed by atoms with van der Waals surface area (Å²) in [5.74, 6) is 0.653. The van der Waals surface area contributed by atoms with Gasteiger partial charge in [-0.15, -0.1) is 10.2 Å². The molecule has 1 N–H and O–H groups in total. The van der Waals surface area contributed by atoms with E-state index >= 15 is 0 Å². The quantitative estimate of drug-likeness (QED) is 0.860. The van der Waals surface area contributed by atoms with Crippen molar-refractivity contribution >= 4 is 23.3 Å². The number of thioether (sulfide) groups is 1. The highest BCUT2D eigenvalue weighted by Gasteiger charge is 2.37. The van der Waals surface area contributed by atoms with Crippen molar-refractivity contribution in [3.63, 3.8) is 0 Å². The molecule has 0 aliphatic carbocycles. The van der Waals surface area contributed by atoms with Crippen molar-refractivity contribution in [1.29, 1.82) is 0 Å². The fraction of sp³-hybridized carbons (Fsp3) is 0.588. The molecule has 0 saturated carbocycles. The van der Waals surface area contributed by atoms with Crippen LogP contribution in [0.5, 0.6) is 0 Å². The molecule has 0 aromatic carbocycles. The van der Waals surface area contributed by atoms with E-state index in [1.165, 1.54) is 31.0 Å². The summed E-state index contributed by atoms with van der Waals surface area (Å²) in [6.07, 6.45) is 6.72. The van der Waals surface area contributed by atoms with Crippen LogP contribution in [0.2, 0.25) is 0 Å². The van der Waals surface area contributed by atoms with E-state index in [0.717, 1.165) is 43.4 Å². The molecule has 2 aromatic rings. The molecule has 4 rings (SSSR count). The van der Waals surface area contributed by atoms with Crippen LogP contribution in [0, 0.1) is 5.41 Å². The Morgan fingerprint density at radius 2 is 2.25 bits per heavy atom. The minimum atomic E-state index is 0.223. The maximum Gasteiger partial charge on any atom is 0.233 e. The minimum Gasteiger partial charge on any atom is -0.341 e. The molecule has 1 amide bonds. The van der Waals surface area contributed by atoms with Crippen molar-refractivity contribution < 1.29 is 4.79 Å². The van der Waals surface area contributed by atoms with Crippen molar-refractivity contribution in [2.75, 3.05) is 31.9 Å². The number of hydrogen-bond acceptors (Lipinski definition) is 5. The second kappa shape index (κ2) is 6.72. The Kier molecular flexibility index (Phi) is 4.45. The van der Waals surface area contributed by atoms with Crippen LogP contribution in [0.15, 0.2) is 29.6 Å². The SMILES string of the molecule is O=C(CSc1nnc2ccccn12)N1CCCCC2(CCNC2)C1. The Bertz CT molecular complexity index is 725. The number of likely N-dealkylation sites (tertiary alicyclic amines) is 1. The molecule has 2 saturated heterocycles. The van der Waals surface area contributed by atoms with Crippen molar-refractivity contribution in [1.82, 2.24) is 24.8 Å². The summed E-state index contributed by atoms with van der Waals surface area (Å²) in [5.41, 5.74) is 1.12. The molecule has 1 atom stereocenters. The van der Waals surface area contributed by atoms with Gasteiger partial charge in [-0.1, -0.05) is 24.2 Å². The van der Waals surface area contributed by atoms with E-state index in [1.807, 2.05) is 28.8 Å². The van der Waals surface area contributed by atoms with Gasteiger partial charge in [-0.3, -0.25) is 9.20 Å². The van der Waals surface area contributed by atoms with Gasteiger partial charge in [0.1, 0.15) is 0 Å². The van der Waals surface area contributed by atoms with Crippen LogP contribution in [-0.2, 0) is 4.79 Å². The lowest BCUT2D eigenvalue weighted by Crippen LogP contribution is -2.42. The molecule has 1 spiro atoms. The third-order valence-electron chi connectivity index (χ3n) is 5.20. The van der Waals surface area contributed by atoms with Gasteiger partial charge in [0.05, 0.1) is 5.75 Å². The van der Waals surface area contributed by atoms with Gasteiger partial charge >= 0.3 is 0 Å². The van der Waals surface area contributed by atoms with Crippen LogP contribution >= 0.6 is 11.8 Å². The molecule has 24 heavy (non-hydrogen) atoms. The summed E-state index contributed by atoms with van der Waals surface area (Å²) in [7, 11) is 0. The van der Waals surface area contributed by atoms with E-state index in [1.54, 1.807) is 0 Å². The number of nitrogens with one attached hydrogen (secondary N) is 1. The highest BCUT2D eigenvalue weighted by molar-refractivity contribution is 7.99. The lowest BCUT2D eigenvalue weighted by Gasteiger charge is -2.32. The monoisotopic (exact) mass is 345 g/mol. The van der Waals surface area contributed by atoms with Crippen LogP contribution in [-0.4, -0.2) is 57.3 Å². The first-order valence-electron chi connectivity index (χ1n) is 8.67. The maximum atomic E-state index is 12.7. The molecular weight excluding hydrogens is 322 g/mol. The van der Waals surface area contributed by atoms with E-state index in [9.17, 15) is 4.79 Å². The van der Waals surface area contributed by atoms with Crippen LogP contribution in [0.25, 0.3) is 5.65 Å². The summed E-state index contributed by atoms with van der Waals surface area (Å²) in [6.45, 7) is 3.93. The number of carbonyl (C=O) groups excluding carboxylic acids is 1. The third-order valence-corrected chi connectivity index (χ3v) is 6.13. The Balaban J connectivity index is 1.41. The first-order valence-corrected chi connectivity index (χ1v) is 9.65. The first-order chi connectivity index (χ1) is 11.8. The van der Waals surface area contributed by atoms with Crippen molar-refractivity contribution in [2.24, 2.45) is 5.41 Å². The molecule has 2 aliphatic rings. The lowest BCUT2D eigenvalue weighted by molar-refractivity contribution is -0.129. The number of aromatic nitrogens is 3. The van der Waals surface area contributed by atoms with E-state index in [0.29, 0.717) is 11.2 Å². The number of carbonyl (C=O) groups is 1. The standard InChI is InChI=1S/C17H23N5OS/c23-15(11-24-16-20-19-14-5-1-3-10-22(14)16)21-9-4-2-6-17(13-21)7-8-18-12-17/h1,3,5,10,18H,2,4,6-9,11-13H2. The molecule has 2 fully saturated rings. The maximum absolute atomic E-state index is 12.7. The van der Waals surface area contributed by atoms with E-state index in [-0.39, 0.29) is 5.91 Å². The normalized spacial score (nSPS) is 24.6. The molecular formula is C17H23N5OS. The van der Waals surface area contributed by atoms with Crippen LogP contribution < -0.4 is 5.32 Å². The van der Waals surface area contributed by atoms with Gasteiger partial charge in [-0.05, 0) is 37.9 Å². The Morgan fingerprint density at radius 3 is 3.12 bits per heavy atom. The fourth-order valence-corrected chi connectivity index (χ4v) is 4.69. The van der Waals surface area contributed by atoms with Gasteiger partial charge in [-0.2, -0.15) is 0 Å². The van der Waals surface area contributed by atoms with E-state index < -0.39 is 0 Å². The summed E-state index contributed by atoms with van der Waals surface area (Å²) in [6, 6.07) is 5.81. The number of amides is 1. The van der Waals surface area contributed by atoms with Crippen LogP contribution in [0.4, 0.5) is 0 Å². The molecule has 2 aliphatic heterocycles. The van der Waals surface area contributed by atoms with Gasteiger partial charge in [-0.25, -0.2) is 0 Å². The zero-order chi connectivity index (χ0) is 16.4. The predicted molar refractivity (Wildman–Crippen MR) is 94.1 cm³/mol. The molecule has 4 heterocycles. The van der Waals surface area contributed by atoms with Crippen molar-refractivity contribution in [3.8, 4) is 0 Å². The van der Waals surface area contributed by atoms with Gasteiger partial charge < -0.3 is 10.2 Å². The molecule has 7 heteroatoms. The average Bonchev–Trinajstić information content (AvgIpc) is 3.16. The number of hydrogen-bond donors (Lipinski definition) is 1. The van der Waals surface area contributed by atoms with E-state index in [4.69, 9.17) is 0 Å². The number of fused-ring (bicyclic) bond motifs is 1. The summed E-state index contributed by atoms with van der Waals surface area (Å²) in [4.78, 5) is 14.8. The Morgan fingerprint density at radius 1 is 1.29 bits per heavy atom. The van der Waals surface area contributed by atoms with Crippen molar-refractivity contribution in [3.05, 3.63) is 24.4 Å². The van der Waals surface area contributed by atoms with Gasteiger partial charge in [0.15, 0.2) is 10.8 Å². The number of rotatable bonds is 3. The Hall–Kier alpha value is -1.60. The van der Waals surface area contributed by atoms with Gasteiger partial charge in [0.25, 0.3) is 0 Å². The fourth-order valence-electron chi connectivity index (χ4n) is 3.86. The minimum absolute atomic E-state index is 0.223. The van der Waals surface area contributed by atoms with Crippen LogP contribution in [0.1, 0.15) is 25.7 Å². The largest absolute Gasteiger partial charge is 0.341 e. The molecule has 128 valence electrons. The van der Waals surface area contributed by atoms with E-state index in [2.05, 4.69) is 20.4 Å². The van der Waals surface area contributed by atoms with Gasteiger partial charge in [0.2, 0.25) is 5.91 Å². The molecule has 1 unspecified atom stereocenters. The Labute approximate surface area is 146 Å². The smallest absolute Gasteiger partial charge is 0.233 e. The highest BCUT2D eigenvalue weighted by Crippen LogP contribution is 2.35. The average molecular weight is 345 g/mol. The first kappa shape index (κ1) is 15.9. The third kappa shape index (κ3) is 3.15. The summed E-state index contributed by atoms with van der Waals surface area (Å²) in [5, 5.41) is 12.6. The molecule has 6 nitrogen and oxygen atoms in total. The second-order valence-electron chi connectivity index (χ2n) is 6.90. The lowest BCUT2D eigenvalue weighted by atomic mass is 9.82. The van der Waals surface area contributed by atoms with Gasteiger partial charge in [0, 0.05) is 31.2 Å². The highest BCUT2D eigenvalue weighted by atomic mass is 32.2. The summed E-state index contributed by atoms with van der Waals surface area (Å²) < 4.78 is 1.93. The summed E-state index contributed by atoms with van der Waals surface area (Å²) >= 11 is 1.48. The molecule has 2 aromatic heterocycles. The second-order valence-corrected chi connectivity index (χ2v) is 7.84. The molecule has 0 radical (unpaired) electrons. The predicted octanol–water partition coefficient (Wildman–Crippen LogP) is 1.81. The zero-order valence-electron chi connectivity index (χ0n) is 13.8. The number of nitrogens with zero attached hydrogens (tertiary/aromatic N) is 4.